The number of amides is 1. The van der Waals surface area contributed by atoms with Crippen LogP contribution in [0.15, 0.2) is 41.2 Å². The number of rotatable bonds is 6. The smallest absolute Gasteiger partial charge is 0.406 e. The van der Waals surface area contributed by atoms with E-state index in [1.807, 2.05) is 6.07 Å². The topological polar surface area (TPSA) is 90.5 Å². The Labute approximate surface area is 168 Å². The van der Waals surface area contributed by atoms with Crippen molar-refractivity contribution in [3.63, 3.8) is 0 Å². The standard InChI is InChI=1S/C19H18F3N5O3/c1-11(12-4-6-14(7-5-12)30-19(20,21)22)23-17(28)10-26-18(29)27-16(25-26)9-8-15(24-27)13-2-3-13/h4-9,11,13H,2-3,10H2,1H3,(H,23,28)/t11-/m0/s1. The van der Waals surface area contributed by atoms with Crippen molar-refractivity contribution in [2.75, 3.05) is 0 Å². The molecule has 2 heterocycles. The number of hydrogen-bond acceptors (Lipinski definition) is 5. The molecule has 1 saturated carbocycles. The number of nitrogens with zero attached hydrogens (tertiary/aromatic N) is 4. The predicted molar refractivity (Wildman–Crippen MR) is 98.9 cm³/mol. The third kappa shape index (κ3) is 4.44. The molecule has 3 aromatic rings. The van der Waals surface area contributed by atoms with Crippen LogP contribution in [-0.2, 0) is 11.3 Å². The summed E-state index contributed by atoms with van der Waals surface area (Å²) in [6.45, 7) is 1.37. The fourth-order valence-corrected chi connectivity index (χ4v) is 3.09. The van der Waals surface area contributed by atoms with Crippen LogP contribution in [0.4, 0.5) is 13.2 Å². The summed E-state index contributed by atoms with van der Waals surface area (Å²) < 4.78 is 42.7. The fraction of sp³-hybridized carbons (Fsp3) is 0.368. The number of fused-ring (bicyclic) bond motifs is 1. The minimum absolute atomic E-state index is 0.305. The molecule has 0 saturated heterocycles. The average molecular weight is 421 g/mol. The molecule has 1 aliphatic rings. The van der Waals surface area contributed by atoms with Crippen molar-refractivity contribution >= 4 is 11.6 Å². The number of aromatic nitrogens is 4. The summed E-state index contributed by atoms with van der Waals surface area (Å²) in [5.41, 5.74) is 1.26. The molecular formula is C19H18F3N5O3. The van der Waals surface area contributed by atoms with E-state index in [2.05, 4.69) is 20.3 Å². The highest BCUT2D eigenvalue weighted by atomic mass is 19.4. The average Bonchev–Trinajstić information content (AvgIpc) is 3.47. The number of hydrogen-bond donors (Lipinski definition) is 1. The quantitative estimate of drug-likeness (QED) is 0.661. The second-order valence-corrected chi connectivity index (χ2v) is 7.15. The number of nitrogens with one attached hydrogen (secondary N) is 1. The van der Waals surface area contributed by atoms with E-state index in [1.54, 1.807) is 13.0 Å². The lowest BCUT2D eigenvalue weighted by molar-refractivity contribution is -0.274. The Bertz CT molecular complexity index is 1130. The van der Waals surface area contributed by atoms with Gasteiger partial charge < -0.3 is 10.1 Å². The van der Waals surface area contributed by atoms with E-state index in [0.29, 0.717) is 17.1 Å². The van der Waals surface area contributed by atoms with Crippen LogP contribution in [0, 0.1) is 0 Å². The van der Waals surface area contributed by atoms with Gasteiger partial charge in [-0.25, -0.2) is 9.48 Å². The van der Waals surface area contributed by atoms with E-state index in [0.717, 1.165) is 23.2 Å². The number of alkyl halides is 3. The number of carbonyl (C=O) groups is 1. The van der Waals surface area contributed by atoms with Gasteiger partial charge in [0.1, 0.15) is 12.3 Å². The maximum atomic E-state index is 12.5. The number of ether oxygens (including phenoxy) is 1. The van der Waals surface area contributed by atoms with Crippen molar-refractivity contribution in [3.05, 3.63) is 58.1 Å². The molecule has 4 rings (SSSR count). The SMILES string of the molecule is C[C@H](NC(=O)Cn1nc2ccc(C3CC3)nn2c1=O)c1ccc(OC(F)(F)F)cc1. The van der Waals surface area contributed by atoms with E-state index in [-0.39, 0.29) is 12.3 Å². The van der Waals surface area contributed by atoms with Gasteiger partial charge in [-0.15, -0.1) is 18.3 Å². The van der Waals surface area contributed by atoms with Crippen LogP contribution in [0.3, 0.4) is 0 Å². The molecule has 0 radical (unpaired) electrons. The first-order valence-electron chi connectivity index (χ1n) is 9.31. The first-order chi connectivity index (χ1) is 14.2. The summed E-state index contributed by atoms with van der Waals surface area (Å²) in [5.74, 6) is -0.438. The van der Waals surface area contributed by atoms with E-state index in [9.17, 15) is 22.8 Å². The van der Waals surface area contributed by atoms with Crippen LogP contribution in [0.25, 0.3) is 5.65 Å². The van der Waals surface area contributed by atoms with Crippen molar-refractivity contribution in [2.24, 2.45) is 0 Å². The number of halogens is 3. The molecule has 1 aliphatic carbocycles. The first kappa shape index (κ1) is 19.9. The molecule has 2 aromatic heterocycles. The number of carbonyl (C=O) groups excluding carboxylic acids is 1. The second-order valence-electron chi connectivity index (χ2n) is 7.15. The summed E-state index contributed by atoms with van der Waals surface area (Å²) in [6, 6.07) is 8.22. The van der Waals surface area contributed by atoms with Crippen LogP contribution in [0.1, 0.15) is 43.0 Å². The third-order valence-electron chi connectivity index (χ3n) is 4.74. The Morgan fingerprint density at radius 2 is 1.90 bits per heavy atom. The molecule has 158 valence electrons. The molecule has 1 aromatic carbocycles. The maximum absolute atomic E-state index is 12.5. The van der Waals surface area contributed by atoms with Gasteiger partial charge in [-0.1, -0.05) is 12.1 Å². The molecule has 0 bridgehead atoms. The summed E-state index contributed by atoms with van der Waals surface area (Å²) in [7, 11) is 0. The lowest BCUT2D eigenvalue weighted by Crippen LogP contribution is -2.34. The lowest BCUT2D eigenvalue weighted by Gasteiger charge is -2.15. The summed E-state index contributed by atoms with van der Waals surface area (Å²) in [5, 5.41) is 11.1. The van der Waals surface area contributed by atoms with Crippen LogP contribution in [0.5, 0.6) is 5.75 Å². The molecule has 1 atom stereocenters. The maximum Gasteiger partial charge on any atom is 0.573 e. The zero-order valence-electron chi connectivity index (χ0n) is 15.9. The van der Waals surface area contributed by atoms with Crippen molar-refractivity contribution in [1.29, 1.82) is 0 Å². The summed E-state index contributed by atoms with van der Waals surface area (Å²) in [4.78, 5) is 24.8. The Morgan fingerprint density at radius 3 is 2.53 bits per heavy atom. The van der Waals surface area contributed by atoms with Crippen LogP contribution in [0.2, 0.25) is 0 Å². The van der Waals surface area contributed by atoms with E-state index in [1.165, 1.54) is 28.8 Å². The second kappa shape index (κ2) is 7.47. The van der Waals surface area contributed by atoms with Gasteiger partial charge in [0.2, 0.25) is 5.91 Å². The highest BCUT2D eigenvalue weighted by molar-refractivity contribution is 5.76. The molecule has 1 fully saturated rings. The Kier molecular flexibility index (Phi) is 4.96. The van der Waals surface area contributed by atoms with Crippen molar-refractivity contribution in [2.45, 2.75) is 44.6 Å². The Balaban J connectivity index is 1.41. The predicted octanol–water partition coefficient (Wildman–Crippen LogP) is 2.54. The molecule has 30 heavy (non-hydrogen) atoms. The minimum Gasteiger partial charge on any atom is -0.406 e. The van der Waals surface area contributed by atoms with E-state index >= 15 is 0 Å². The van der Waals surface area contributed by atoms with Gasteiger partial charge in [-0.2, -0.15) is 9.61 Å². The van der Waals surface area contributed by atoms with Crippen molar-refractivity contribution in [1.82, 2.24) is 24.7 Å². The Morgan fingerprint density at radius 1 is 1.20 bits per heavy atom. The highest BCUT2D eigenvalue weighted by Crippen LogP contribution is 2.38. The van der Waals surface area contributed by atoms with Gasteiger partial charge in [-0.05, 0) is 49.6 Å². The van der Waals surface area contributed by atoms with Gasteiger partial charge in [-0.3, -0.25) is 4.79 Å². The van der Waals surface area contributed by atoms with Crippen LogP contribution in [-0.4, -0.2) is 31.7 Å². The van der Waals surface area contributed by atoms with E-state index < -0.39 is 24.0 Å². The Hall–Kier alpha value is -3.37. The summed E-state index contributed by atoms with van der Waals surface area (Å²) in [6.07, 6.45) is -2.67. The summed E-state index contributed by atoms with van der Waals surface area (Å²) >= 11 is 0. The molecule has 11 heteroatoms. The molecule has 0 unspecified atom stereocenters. The van der Waals surface area contributed by atoms with E-state index in [4.69, 9.17) is 0 Å². The first-order valence-corrected chi connectivity index (χ1v) is 9.31. The molecular weight excluding hydrogens is 403 g/mol. The van der Waals surface area contributed by atoms with Crippen molar-refractivity contribution in [3.8, 4) is 5.75 Å². The third-order valence-corrected chi connectivity index (χ3v) is 4.74. The largest absolute Gasteiger partial charge is 0.573 e. The van der Waals surface area contributed by atoms with Gasteiger partial charge in [0.15, 0.2) is 5.65 Å². The highest BCUT2D eigenvalue weighted by Gasteiger charge is 2.31. The molecule has 8 nitrogen and oxygen atoms in total. The molecule has 0 spiro atoms. The van der Waals surface area contributed by atoms with Crippen LogP contribution >= 0.6 is 0 Å². The zero-order chi connectivity index (χ0) is 21.5. The fourth-order valence-electron chi connectivity index (χ4n) is 3.09. The lowest BCUT2D eigenvalue weighted by atomic mass is 10.1. The van der Waals surface area contributed by atoms with Gasteiger partial charge in [0, 0.05) is 5.92 Å². The van der Waals surface area contributed by atoms with Gasteiger partial charge in [0.25, 0.3) is 0 Å². The molecule has 1 amide bonds. The van der Waals surface area contributed by atoms with Crippen molar-refractivity contribution < 1.29 is 22.7 Å². The monoisotopic (exact) mass is 421 g/mol. The molecule has 1 N–H and O–H groups in total. The van der Waals surface area contributed by atoms with Gasteiger partial charge >= 0.3 is 12.1 Å². The van der Waals surface area contributed by atoms with Crippen LogP contribution < -0.4 is 15.7 Å². The molecule has 0 aliphatic heterocycles. The number of benzene rings is 1. The zero-order valence-corrected chi connectivity index (χ0v) is 15.9. The normalized spacial score (nSPS) is 15.2. The minimum atomic E-state index is -4.77. The van der Waals surface area contributed by atoms with Gasteiger partial charge in [0.05, 0.1) is 11.7 Å².